The van der Waals surface area contributed by atoms with Gasteiger partial charge in [-0.05, 0) is 25.7 Å². The molecule has 102 valence electrons. The average molecular weight is 313 g/mol. The van der Waals surface area contributed by atoms with Gasteiger partial charge in [0, 0.05) is 17.0 Å². The Morgan fingerprint density at radius 2 is 2.00 bits per heavy atom. The van der Waals surface area contributed by atoms with E-state index in [9.17, 15) is 4.79 Å². The van der Waals surface area contributed by atoms with Crippen LogP contribution in [0.4, 0.5) is 0 Å². The molecule has 1 N–H and O–H groups in total. The van der Waals surface area contributed by atoms with Gasteiger partial charge in [-0.2, -0.15) is 0 Å². The number of thioether (sulfide) groups is 2. The Hall–Kier alpha value is -0.790. The Kier molecular flexibility index (Phi) is 5.06. The predicted molar refractivity (Wildman–Crippen MR) is 81.6 cm³/mol. The van der Waals surface area contributed by atoms with Crippen LogP contribution in [0.15, 0.2) is 14.7 Å². The highest BCUT2D eigenvalue weighted by atomic mass is 32.2. The lowest BCUT2D eigenvalue weighted by Crippen LogP contribution is -2.02. The number of H-pyrrole nitrogens is 1. The number of aromatic amines is 1. The third-order valence-electron chi connectivity index (χ3n) is 2.43. The number of hydrogen-bond acceptors (Lipinski definition) is 6. The Morgan fingerprint density at radius 3 is 2.58 bits per heavy atom. The molecular weight excluding hydrogens is 298 g/mol. The maximum absolute atomic E-state index is 12.1. The summed E-state index contributed by atoms with van der Waals surface area (Å²) >= 11 is 4.68. The number of carbonyl (C=O) groups is 1. The van der Waals surface area contributed by atoms with Crippen LogP contribution < -0.4 is 0 Å². The lowest BCUT2D eigenvalue weighted by molar-refractivity contribution is 0.102. The summed E-state index contributed by atoms with van der Waals surface area (Å²) in [6, 6.07) is 1.90. The van der Waals surface area contributed by atoms with Gasteiger partial charge in [0.25, 0.3) is 0 Å². The van der Waals surface area contributed by atoms with Crippen LogP contribution in [0, 0.1) is 13.8 Å². The van der Waals surface area contributed by atoms with Crippen LogP contribution in [-0.2, 0) is 0 Å². The first-order valence-corrected chi connectivity index (χ1v) is 8.67. The van der Waals surface area contributed by atoms with E-state index in [-0.39, 0.29) is 5.78 Å². The summed E-state index contributed by atoms with van der Waals surface area (Å²) < 4.78 is 1.82. The van der Waals surface area contributed by atoms with Crippen molar-refractivity contribution in [3.8, 4) is 0 Å². The number of rotatable bonds is 6. The number of aromatic nitrogens is 3. The highest BCUT2D eigenvalue weighted by Crippen LogP contribution is 2.29. The largest absolute Gasteiger partial charge is 0.362 e. The van der Waals surface area contributed by atoms with E-state index in [1.807, 2.05) is 19.9 Å². The third kappa shape index (κ3) is 3.84. The first kappa shape index (κ1) is 14.6. The van der Waals surface area contributed by atoms with Crippen molar-refractivity contribution < 1.29 is 4.79 Å². The van der Waals surface area contributed by atoms with Gasteiger partial charge < -0.3 is 4.98 Å². The summed E-state index contributed by atoms with van der Waals surface area (Å²) in [4.78, 5) is 15.2. The quantitative estimate of drug-likeness (QED) is 0.652. The fourth-order valence-corrected chi connectivity index (χ4v) is 4.46. The minimum atomic E-state index is 0.131. The van der Waals surface area contributed by atoms with Crippen molar-refractivity contribution in [3.63, 3.8) is 0 Å². The fraction of sp³-hybridized carbons (Fsp3) is 0.417. The molecule has 0 atom stereocenters. The molecule has 2 aromatic rings. The highest BCUT2D eigenvalue weighted by Gasteiger charge is 2.13. The first-order chi connectivity index (χ1) is 9.10. The molecule has 7 heteroatoms. The normalized spacial score (nSPS) is 10.9. The molecule has 0 radical (unpaired) electrons. The van der Waals surface area contributed by atoms with Crippen LogP contribution in [0.2, 0.25) is 0 Å². The number of carbonyl (C=O) groups excluding carboxylic acids is 1. The lowest BCUT2D eigenvalue weighted by atomic mass is 10.2. The van der Waals surface area contributed by atoms with Crippen LogP contribution in [0.1, 0.15) is 28.7 Å². The SMILES string of the molecule is CCSc1nnc(SCC(=O)c2cc(C)[nH]c2C)s1. The minimum absolute atomic E-state index is 0.131. The molecule has 0 saturated carbocycles. The van der Waals surface area contributed by atoms with Gasteiger partial charge in [0.2, 0.25) is 0 Å². The number of hydrogen-bond donors (Lipinski definition) is 1. The van der Waals surface area contributed by atoms with Crippen molar-refractivity contribution in [1.29, 1.82) is 0 Å². The molecule has 2 aromatic heterocycles. The second-order valence-electron chi connectivity index (χ2n) is 3.97. The van der Waals surface area contributed by atoms with E-state index < -0.39 is 0 Å². The summed E-state index contributed by atoms with van der Waals surface area (Å²) in [5.41, 5.74) is 2.73. The zero-order valence-electron chi connectivity index (χ0n) is 11.0. The Labute approximate surface area is 124 Å². The van der Waals surface area contributed by atoms with Crippen molar-refractivity contribution in [2.24, 2.45) is 0 Å². The topological polar surface area (TPSA) is 58.6 Å². The third-order valence-corrected chi connectivity index (χ3v) is 5.50. The van der Waals surface area contributed by atoms with Crippen molar-refractivity contribution >= 4 is 40.6 Å². The molecule has 4 nitrogen and oxygen atoms in total. The highest BCUT2D eigenvalue weighted by molar-refractivity contribution is 8.03. The van der Waals surface area contributed by atoms with Crippen LogP contribution in [-0.4, -0.2) is 32.5 Å². The standard InChI is InChI=1S/C12H15N3OS3/c1-4-17-11-14-15-12(19-11)18-6-10(16)9-5-7(2)13-8(9)3/h5,13H,4,6H2,1-3H3. The van der Waals surface area contributed by atoms with E-state index in [0.717, 1.165) is 31.4 Å². The Bertz CT molecular complexity index is 577. The molecule has 0 aromatic carbocycles. The van der Waals surface area contributed by atoms with Gasteiger partial charge >= 0.3 is 0 Å². The molecule has 0 spiro atoms. The van der Waals surface area contributed by atoms with Crippen LogP contribution >= 0.6 is 34.9 Å². The zero-order chi connectivity index (χ0) is 13.8. The summed E-state index contributed by atoms with van der Waals surface area (Å²) in [5, 5.41) is 8.15. The molecule has 2 heterocycles. The zero-order valence-corrected chi connectivity index (χ0v) is 13.5. The summed E-state index contributed by atoms with van der Waals surface area (Å²) in [5.74, 6) is 1.52. The van der Waals surface area contributed by atoms with Crippen LogP contribution in [0.5, 0.6) is 0 Å². The maximum Gasteiger partial charge on any atom is 0.175 e. The molecule has 0 fully saturated rings. The van der Waals surface area contributed by atoms with Crippen LogP contribution in [0.25, 0.3) is 0 Å². The second kappa shape index (κ2) is 6.58. The smallest absolute Gasteiger partial charge is 0.175 e. The van der Waals surface area contributed by atoms with Crippen molar-refractivity contribution in [1.82, 2.24) is 15.2 Å². The van der Waals surface area contributed by atoms with E-state index in [4.69, 9.17) is 0 Å². The molecule has 0 bridgehead atoms. The summed E-state index contributed by atoms with van der Waals surface area (Å²) in [6.07, 6.45) is 0. The Morgan fingerprint density at radius 1 is 1.32 bits per heavy atom. The molecule has 0 aliphatic rings. The lowest BCUT2D eigenvalue weighted by Gasteiger charge is -1.97. The molecule has 0 unspecified atom stereocenters. The minimum Gasteiger partial charge on any atom is -0.362 e. The summed E-state index contributed by atoms with van der Waals surface area (Å²) in [6.45, 7) is 5.96. The van der Waals surface area contributed by atoms with Gasteiger partial charge in [-0.15, -0.1) is 10.2 Å². The number of nitrogens with one attached hydrogen (secondary N) is 1. The van der Waals surface area contributed by atoms with Gasteiger partial charge in [-0.1, -0.05) is 41.8 Å². The monoisotopic (exact) mass is 313 g/mol. The molecule has 2 rings (SSSR count). The van der Waals surface area contributed by atoms with E-state index in [1.54, 1.807) is 23.1 Å². The maximum atomic E-state index is 12.1. The number of nitrogens with zero attached hydrogens (tertiary/aromatic N) is 2. The molecular formula is C12H15N3OS3. The second-order valence-corrected chi connectivity index (χ2v) is 7.68. The van der Waals surface area contributed by atoms with Gasteiger partial charge in [0.1, 0.15) is 0 Å². The van der Waals surface area contributed by atoms with Crippen molar-refractivity contribution in [3.05, 3.63) is 23.0 Å². The van der Waals surface area contributed by atoms with E-state index in [2.05, 4.69) is 22.1 Å². The van der Waals surface area contributed by atoms with Crippen molar-refractivity contribution in [2.45, 2.75) is 29.5 Å². The Balaban J connectivity index is 1.94. The average Bonchev–Trinajstić information content (AvgIpc) is 2.93. The molecule has 0 aliphatic heterocycles. The number of ketones is 1. The van der Waals surface area contributed by atoms with E-state index in [1.165, 1.54) is 11.8 Å². The first-order valence-electron chi connectivity index (χ1n) is 5.88. The fourth-order valence-electron chi connectivity index (χ4n) is 1.66. The molecule has 0 amide bonds. The van der Waals surface area contributed by atoms with E-state index >= 15 is 0 Å². The van der Waals surface area contributed by atoms with Crippen LogP contribution in [0.3, 0.4) is 0 Å². The number of aryl methyl sites for hydroxylation is 2. The van der Waals surface area contributed by atoms with Gasteiger partial charge in [0.05, 0.1) is 5.75 Å². The molecule has 0 saturated heterocycles. The van der Waals surface area contributed by atoms with Gasteiger partial charge in [0.15, 0.2) is 14.5 Å². The summed E-state index contributed by atoms with van der Waals surface area (Å²) in [7, 11) is 0. The molecule has 0 aliphatic carbocycles. The molecule has 19 heavy (non-hydrogen) atoms. The number of Topliss-reactive ketones (excluding diaryl/α,β-unsaturated/α-hetero) is 1. The van der Waals surface area contributed by atoms with E-state index in [0.29, 0.717) is 5.75 Å². The predicted octanol–water partition coefficient (Wildman–Crippen LogP) is 3.57. The van der Waals surface area contributed by atoms with Crippen molar-refractivity contribution in [2.75, 3.05) is 11.5 Å². The van der Waals surface area contributed by atoms with Gasteiger partial charge in [-0.3, -0.25) is 4.79 Å². The van der Waals surface area contributed by atoms with Gasteiger partial charge in [-0.25, -0.2) is 0 Å².